The fourth-order valence-electron chi connectivity index (χ4n) is 2.45. The summed E-state index contributed by atoms with van der Waals surface area (Å²) >= 11 is 0. The van der Waals surface area contributed by atoms with Gasteiger partial charge in [0.1, 0.15) is 0 Å². The Morgan fingerprint density at radius 2 is 2.06 bits per heavy atom. The van der Waals surface area contributed by atoms with Gasteiger partial charge in [0.05, 0.1) is 6.61 Å². The molecular formula is C12H27N3O. The minimum absolute atomic E-state index is 0.489. The van der Waals surface area contributed by atoms with Crippen LogP contribution in [0, 0.1) is 0 Å². The molecular weight excluding hydrogens is 202 g/mol. The second-order valence-corrected chi connectivity index (χ2v) is 4.87. The third-order valence-electron chi connectivity index (χ3n) is 3.64. The summed E-state index contributed by atoms with van der Waals surface area (Å²) < 4.78 is 5.30. The second kappa shape index (κ2) is 7.22. The van der Waals surface area contributed by atoms with E-state index in [1.54, 1.807) is 7.11 Å². The van der Waals surface area contributed by atoms with Crippen LogP contribution in [-0.2, 0) is 4.74 Å². The van der Waals surface area contributed by atoms with E-state index < -0.39 is 0 Å². The van der Waals surface area contributed by atoms with E-state index in [2.05, 4.69) is 29.2 Å². The molecule has 1 atom stereocenters. The van der Waals surface area contributed by atoms with Gasteiger partial charge in [0.25, 0.3) is 0 Å². The lowest BCUT2D eigenvalue weighted by molar-refractivity contribution is 0.0562. The quantitative estimate of drug-likeness (QED) is 0.706. The summed E-state index contributed by atoms with van der Waals surface area (Å²) in [6, 6.07) is 1.20. The molecule has 16 heavy (non-hydrogen) atoms. The van der Waals surface area contributed by atoms with Crippen molar-refractivity contribution in [2.24, 2.45) is 0 Å². The van der Waals surface area contributed by atoms with E-state index in [0.29, 0.717) is 12.1 Å². The number of hydrogen-bond donors (Lipinski definition) is 1. The first kappa shape index (κ1) is 13.9. The van der Waals surface area contributed by atoms with Crippen molar-refractivity contribution in [3.05, 3.63) is 0 Å². The van der Waals surface area contributed by atoms with Crippen LogP contribution in [0.3, 0.4) is 0 Å². The lowest BCUT2D eigenvalue weighted by Crippen LogP contribution is -2.50. The molecule has 1 fully saturated rings. The zero-order valence-corrected chi connectivity index (χ0v) is 11.2. The van der Waals surface area contributed by atoms with Gasteiger partial charge in [-0.2, -0.15) is 0 Å². The van der Waals surface area contributed by atoms with Gasteiger partial charge < -0.3 is 15.0 Å². The Kier molecular flexibility index (Phi) is 6.28. The van der Waals surface area contributed by atoms with Crippen molar-refractivity contribution < 1.29 is 4.74 Å². The highest BCUT2D eigenvalue weighted by atomic mass is 16.5. The number of ether oxygens (including phenoxy) is 1. The van der Waals surface area contributed by atoms with E-state index >= 15 is 0 Å². The first-order valence-electron chi connectivity index (χ1n) is 6.23. The van der Waals surface area contributed by atoms with Gasteiger partial charge in [-0.25, -0.2) is 0 Å². The Balaban J connectivity index is 2.42. The van der Waals surface area contributed by atoms with Crippen molar-refractivity contribution in [2.75, 3.05) is 54.5 Å². The van der Waals surface area contributed by atoms with E-state index in [-0.39, 0.29) is 0 Å². The van der Waals surface area contributed by atoms with Gasteiger partial charge in [-0.3, -0.25) is 4.90 Å². The Morgan fingerprint density at radius 1 is 1.44 bits per heavy atom. The van der Waals surface area contributed by atoms with Gasteiger partial charge in [-0.15, -0.1) is 0 Å². The van der Waals surface area contributed by atoms with Crippen LogP contribution in [0.4, 0.5) is 0 Å². The van der Waals surface area contributed by atoms with Gasteiger partial charge >= 0.3 is 0 Å². The molecule has 0 bridgehead atoms. The lowest BCUT2D eigenvalue weighted by atomic mass is 10.0. The molecule has 1 saturated heterocycles. The molecule has 0 radical (unpaired) electrons. The van der Waals surface area contributed by atoms with Gasteiger partial charge in [0.2, 0.25) is 0 Å². The Labute approximate surface area is 99.9 Å². The third-order valence-corrected chi connectivity index (χ3v) is 3.64. The Bertz CT molecular complexity index is 175. The van der Waals surface area contributed by atoms with Crippen LogP contribution in [0.15, 0.2) is 0 Å². The van der Waals surface area contributed by atoms with E-state index in [1.807, 2.05) is 7.05 Å². The maximum Gasteiger partial charge on any atom is 0.0630 e. The van der Waals surface area contributed by atoms with Gasteiger partial charge in [0.15, 0.2) is 0 Å². The van der Waals surface area contributed by atoms with E-state index in [4.69, 9.17) is 4.74 Å². The van der Waals surface area contributed by atoms with Gasteiger partial charge in [-0.05, 0) is 47.1 Å². The van der Waals surface area contributed by atoms with Crippen LogP contribution in [0.25, 0.3) is 0 Å². The molecule has 96 valence electrons. The van der Waals surface area contributed by atoms with E-state index in [1.165, 1.54) is 25.9 Å². The number of nitrogens with zero attached hydrogens (tertiary/aromatic N) is 2. The average molecular weight is 229 g/mol. The van der Waals surface area contributed by atoms with Crippen molar-refractivity contribution in [2.45, 2.75) is 24.9 Å². The Morgan fingerprint density at radius 3 is 2.56 bits per heavy atom. The van der Waals surface area contributed by atoms with Crippen molar-refractivity contribution in [3.63, 3.8) is 0 Å². The summed E-state index contributed by atoms with van der Waals surface area (Å²) in [7, 11) is 8.23. The van der Waals surface area contributed by atoms with E-state index in [9.17, 15) is 0 Å². The molecule has 1 heterocycles. The largest absolute Gasteiger partial charge is 0.383 e. The molecule has 0 spiro atoms. The molecule has 1 aliphatic heterocycles. The highest BCUT2D eigenvalue weighted by Crippen LogP contribution is 2.16. The van der Waals surface area contributed by atoms with Crippen molar-refractivity contribution >= 4 is 0 Å². The molecule has 0 aromatic heterocycles. The molecule has 1 aliphatic rings. The summed E-state index contributed by atoms with van der Waals surface area (Å²) in [5, 5.41) is 3.25. The molecule has 1 rings (SSSR count). The van der Waals surface area contributed by atoms with Crippen LogP contribution in [0.1, 0.15) is 12.8 Å². The lowest BCUT2D eigenvalue weighted by Gasteiger charge is -2.39. The maximum atomic E-state index is 5.30. The average Bonchev–Trinajstić information content (AvgIpc) is 2.29. The standard InChI is InChI=1S/C12H27N3O/c1-13-9-12(10-16-4)15(3)11-5-7-14(2)8-6-11/h11-13H,5-10H2,1-4H3. The first-order valence-corrected chi connectivity index (χ1v) is 6.23. The second-order valence-electron chi connectivity index (χ2n) is 4.87. The first-order chi connectivity index (χ1) is 7.69. The van der Waals surface area contributed by atoms with Crippen LogP contribution in [-0.4, -0.2) is 76.4 Å². The minimum Gasteiger partial charge on any atom is -0.383 e. The number of piperidine rings is 1. The summed E-state index contributed by atoms with van der Waals surface area (Å²) in [6.45, 7) is 4.24. The van der Waals surface area contributed by atoms with Crippen LogP contribution < -0.4 is 5.32 Å². The molecule has 4 nitrogen and oxygen atoms in total. The van der Waals surface area contributed by atoms with E-state index in [0.717, 1.165) is 13.2 Å². The number of likely N-dealkylation sites (N-methyl/N-ethyl adjacent to an activating group) is 2. The normalized spacial score (nSPS) is 21.6. The summed E-state index contributed by atoms with van der Waals surface area (Å²) in [5.74, 6) is 0. The fourth-order valence-corrected chi connectivity index (χ4v) is 2.45. The summed E-state index contributed by atoms with van der Waals surface area (Å²) in [4.78, 5) is 4.90. The predicted molar refractivity (Wildman–Crippen MR) is 67.9 cm³/mol. The smallest absolute Gasteiger partial charge is 0.0630 e. The molecule has 1 unspecified atom stereocenters. The number of hydrogen-bond acceptors (Lipinski definition) is 4. The molecule has 0 saturated carbocycles. The van der Waals surface area contributed by atoms with Crippen LogP contribution in [0.5, 0.6) is 0 Å². The summed E-state index contributed by atoms with van der Waals surface area (Å²) in [6.07, 6.45) is 2.55. The summed E-state index contributed by atoms with van der Waals surface area (Å²) in [5.41, 5.74) is 0. The molecule has 4 heteroatoms. The van der Waals surface area contributed by atoms with Gasteiger partial charge in [-0.1, -0.05) is 0 Å². The number of likely N-dealkylation sites (tertiary alicyclic amines) is 1. The minimum atomic E-state index is 0.489. The predicted octanol–water partition coefficient (Wildman–Crippen LogP) is 0.247. The molecule has 0 aromatic rings. The Hall–Kier alpha value is -0.160. The third kappa shape index (κ3) is 4.01. The van der Waals surface area contributed by atoms with Crippen molar-refractivity contribution in [1.29, 1.82) is 0 Å². The van der Waals surface area contributed by atoms with Crippen LogP contribution >= 0.6 is 0 Å². The monoisotopic (exact) mass is 229 g/mol. The number of rotatable bonds is 6. The molecule has 0 aliphatic carbocycles. The maximum absolute atomic E-state index is 5.30. The highest BCUT2D eigenvalue weighted by molar-refractivity contribution is 4.82. The van der Waals surface area contributed by atoms with Gasteiger partial charge in [0, 0.05) is 25.7 Å². The SMILES string of the molecule is CNCC(COC)N(C)C1CCN(C)CC1. The van der Waals surface area contributed by atoms with Crippen molar-refractivity contribution in [1.82, 2.24) is 15.1 Å². The fraction of sp³-hybridized carbons (Fsp3) is 1.00. The highest BCUT2D eigenvalue weighted by Gasteiger charge is 2.25. The van der Waals surface area contributed by atoms with Crippen molar-refractivity contribution in [3.8, 4) is 0 Å². The zero-order valence-electron chi connectivity index (χ0n) is 11.2. The number of nitrogens with one attached hydrogen (secondary N) is 1. The topological polar surface area (TPSA) is 27.7 Å². The zero-order chi connectivity index (χ0) is 12.0. The van der Waals surface area contributed by atoms with Crippen LogP contribution in [0.2, 0.25) is 0 Å². The number of methoxy groups -OCH3 is 1. The molecule has 0 amide bonds. The molecule has 0 aromatic carbocycles. The molecule has 1 N–H and O–H groups in total.